The van der Waals surface area contributed by atoms with Crippen LogP contribution in [0.4, 0.5) is 0 Å². The minimum Gasteiger partial charge on any atom is -0.452 e. The molecule has 1 aliphatic rings. The number of hydrogen-bond donors (Lipinski definition) is 1. The predicted octanol–water partition coefficient (Wildman–Crippen LogP) is 3.46. The second-order valence-corrected chi connectivity index (χ2v) is 7.07. The minimum atomic E-state index is -0.483. The first-order valence-electron chi connectivity index (χ1n) is 9.12. The number of benzene rings is 1. The molecule has 0 spiro atoms. The Bertz CT molecular complexity index is 568. The maximum absolute atomic E-state index is 12.0. The van der Waals surface area contributed by atoms with Crippen LogP contribution in [0.15, 0.2) is 24.3 Å². The Morgan fingerprint density at radius 2 is 1.84 bits per heavy atom. The van der Waals surface area contributed by atoms with E-state index in [1.807, 2.05) is 26.0 Å². The quantitative estimate of drug-likeness (QED) is 0.767. The fourth-order valence-corrected chi connectivity index (χ4v) is 2.99. The van der Waals surface area contributed by atoms with Gasteiger partial charge in [-0.3, -0.25) is 4.79 Å². The summed E-state index contributed by atoms with van der Waals surface area (Å²) in [5.74, 6) is -0.230. The summed E-state index contributed by atoms with van der Waals surface area (Å²) >= 11 is 0. The van der Waals surface area contributed by atoms with Crippen molar-refractivity contribution in [1.29, 1.82) is 0 Å². The van der Waals surface area contributed by atoms with Crippen LogP contribution in [0, 0.1) is 5.92 Å². The molecule has 1 amide bonds. The first-order chi connectivity index (χ1) is 12.0. The van der Waals surface area contributed by atoms with Crippen LogP contribution in [-0.2, 0) is 20.9 Å². The smallest absolute Gasteiger partial charge is 0.338 e. The highest BCUT2D eigenvalue weighted by atomic mass is 16.5. The fraction of sp³-hybridized carbons (Fsp3) is 0.600. The lowest BCUT2D eigenvalue weighted by Gasteiger charge is -2.29. The maximum Gasteiger partial charge on any atom is 0.338 e. The van der Waals surface area contributed by atoms with E-state index >= 15 is 0 Å². The van der Waals surface area contributed by atoms with Gasteiger partial charge in [0.05, 0.1) is 18.3 Å². The van der Waals surface area contributed by atoms with Crippen molar-refractivity contribution in [3.05, 3.63) is 35.4 Å². The number of esters is 1. The molecule has 2 rings (SSSR count). The summed E-state index contributed by atoms with van der Waals surface area (Å²) in [6, 6.07) is 7.26. The van der Waals surface area contributed by atoms with Crippen molar-refractivity contribution in [2.24, 2.45) is 5.92 Å². The Balaban J connectivity index is 1.76. The minimum absolute atomic E-state index is 0.162. The SMILES string of the molecule is CC(C)OCc1ccc(C(=O)OCC(=O)N[C@@H]2CCCC[C@H]2C)cc1. The Morgan fingerprint density at radius 3 is 2.48 bits per heavy atom. The zero-order chi connectivity index (χ0) is 18.2. The van der Waals surface area contributed by atoms with Crippen LogP contribution >= 0.6 is 0 Å². The van der Waals surface area contributed by atoms with Gasteiger partial charge in [0.15, 0.2) is 6.61 Å². The van der Waals surface area contributed by atoms with Gasteiger partial charge in [-0.15, -0.1) is 0 Å². The van der Waals surface area contributed by atoms with E-state index in [0.29, 0.717) is 18.1 Å². The molecule has 0 saturated heterocycles. The van der Waals surface area contributed by atoms with Gasteiger partial charge in [-0.2, -0.15) is 0 Å². The van der Waals surface area contributed by atoms with Crippen molar-refractivity contribution in [3.8, 4) is 0 Å². The molecule has 25 heavy (non-hydrogen) atoms. The highest BCUT2D eigenvalue weighted by Gasteiger charge is 2.23. The molecule has 1 N–H and O–H groups in total. The van der Waals surface area contributed by atoms with E-state index in [-0.39, 0.29) is 24.7 Å². The van der Waals surface area contributed by atoms with Crippen LogP contribution in [0.5, 0.6) is 0 Å². The lowest BCUT2D eigenvalue weighted by atomic mass is 9.86. The normalized spacial score (nSPS) is 20.3. The van der Waals surface area contributed by atoms with Crippen molar-refractivity contribution >= 4 is 11.9 Å². The Morgan fingerprint density at radius 1 is 1.16 bits per heavy atom. The van der Waals surface area contributed by atoms with Gasteiger partial charge < -0.3 is 14.8 Å². The van der Waals surface area contributed by atoms with Gasteiger partial charge in [0, 0.05) is 6.04 Å². The molecule has 138 valence electrons. The second-order valence-electron chi connectivity index (χ2n) is 7.07. The molecule has 5 heteroatoms. The van der Waals surface area contributed by atoms with E-state index in [2.05, 4.69) is 12.2 Å². The van der Waals surface area contributed by atoms with Crippen LogP contribution in [0.1, 0.15) is 62.4 Å². The summed E-state index contributed by atoms with van der Waals surface area (Å²) in [7, 11) is 0. The average molecular weight is 347 g/mol. The van der Waals surface area contributed by atoms with E-state index in [4.69, 9.17) is 9.47 Å². The average Bonchev–Trinajstić information content (AvgIpc) is 2.60. The van der Waals surface area contributed by atoms with Gasteiger partial charge in [-0.25, -0.2) is 4.79 Å². The molecular formula is C20H29NO4. The molecule has 2 atom stereocenters. The predicted molar refractivity (Wildman–Crippen MR) is 96.2 cm³/mol. The van der Waals surface area contributed by atoms with Crippen molar-refractivity contribution in [2.75, 3.05) is 6.61 Å². The zero-order valence-corrected chi connectivity index (χ0v) is 15.4. The van der Waals surface area contributed by atoms with E-state index in [0.717, 1.165) is 24.8 Å². The third-order valence-electron chi connectivity index (χ3n) is 4.57. The molecule has 0 aliphatic heterocycles. The summed E-state index contributed by atoms with van der Waals surface area (Å²) in [6.45, 7) is 6.38. The number of carbonyl (C=O) groups excluding carboxylic acids is 2. The van der Waals surface area contributed by atoms with Crippen LogP contribution in [-0.4, -0.2) is 30.6 Å². The molecule has 1 saturated carbocycles. The summed E-state index contributed by atoms with van der Waals surface area (Å²) in [6.07, 6.45) is 4.66. The first-order valence-corrected chi connectivity index (χ1v) is 9.12. The Kier molecular flexibility index (Phi) is 7.44. The second kappa shape index (κ2) is 9.56. The van der Waals surface area contributed by atoms with E-state index in [9.17, 15) is 9.59 Å². The van der Waals surface area contributed by atoms with Crippen molar-refractivity contribution in [1.82, 2.24) is 5.32 Å². The van der Waals surface area contributed by atoms with Gasteiger partial charge in [0.25, 0.3) is 5.91 Å². The molecule has 0 radical (unpaired) electrons. The lowest BCUT2D eigenvalue weighted by Crippen LogP contribution is -2.42. The molecule has 1 aliphatic carbocycles. The molecule has 0 aromatic heterocycles. The number of ether oxygens (including phenoxy) is 2. The van der Waals surface area contributed by atoms with Gasteiger partial charge >= 0.3 is 5.97 Å². The number of hydrogen-bond acceptors (Lipinski definition) is 4. The number of rotatable bonds is 7. The maximum atomic E-state index is 12.0. The van der Waals surface area contributed by atoms with Crippen LogP contribution < -0.4 is 5.32 Å². The van der Waals surface area contributed by atoms with Crippen molar-refractivity contribution < 1.29 is 19.1 Å². The number of amides is 1. The largest absolute Gasteiger partial charge is 0.452 e. The van der Waals surface area contributed by atoms with Gasteiger partial charge in [-0.05, 0) is 50.3 Å². The highest BCUT2D eigenvalue weighted by molar-refractivity contribution is 5.91. The molecule has 1 aromatic rings. The third kappa shape index (κ3) is 6.50. The van der Waals surface area contributed by atoms with Crippen molar-refractivity contribution in [3.63, 3.8) is 0 Å². The Labute approximate surface area is 150 Å². The summed E-state index contributed by atoms with van der Waals surface area (Å²) < 4.78 is 10.6. The fourth-order valence-electron chi connectivity index (χ4n) is 2.99. The van der Waals surface area contributed by atoms with Gasteiger partial charge in [-0.1, -0.05) is 31.9 Å². The van der Waals surface area contributed by atoms with Gasteiger partial charge in [0.1, 0.15) is 0 Å². The topological polar surface area (TPSA) is 64.6 Å². The number of carbonyl (C=O) groups is 2. The molecular weight excluding hydrogens is 318 g/mol. The highest BCUT2D eigenvalue weighted by Crippen LogP contribution is 2.23. The molecule has 0 bridgehead atoms. The van der Waals surface area contributed by atoms with E-state index in [1.54, 1.807) is 12.1 Å². The number of nitrogens with one attached hydrogen (secondary N) is 1. The van der Waals surface area contributed by atoms with E-state index in [1.165, 1.54) is 6.42 Å². The standard InChI is InChI=1S/C20H29NO4/c1-14(2)24-12-16-8-10-17(11-9-16)20(23)25-13-19(22)21-18-7-5-4-6-15(18)3/h8-11,14-15,18H,4-7,12-13H2,1-3H3,(H,21,22)/t15-,18-/m1/s1. The van der Waals surface area contributed by atoms with Crippen LogP contribution in [0.2, 0.25) is 0 Å². The zero-order valence-electron chi connectivity index (χ0n) is 15.4. The summed E-state index contributed by atoms with van der Waals surface area (Å²) in [4.78, 5) is 24.0. The van der Waals surface area contributed by atoms with Crippen molar-refractivity contribution in [2.45, 2.75) is 65.2 Å². The third-order valence-corrected chi connectivity index (χ3v) is 4.57. The van der Waals surface area contributed by atoms with Crippen LogP contribution in [0.25, 0.3) is 0 Å². The van der Waals surface area contributed by atoms with E-state index < -0.39 is 5.97 Å². The first kappa shape index (κ1) is 19.4. The van der Waals surface area contributed by atoms with Gasteiger partial charge in [0.2, 0.25) is 0 Å². The molecule has 1 aromatic carbocycles. The van der Waals surface area contributed by atoms with Crippen LogP contribution in [0.3, 0.4) is 0 Å². The molecule has 5 nitrogen and oxygen atoms in total. The lowest BCUT2D eigenvalue weighted by molar-refractivity contribution is -0.125. The monoisotopic (exact) mass is 347 g/mol. The summed E-state index contributed by atoms with van der Waals surface area (Å²) in [5.41, 5.74) is 1.43. The summed E-state index contributed by atoms with van der Waals surface area (Å²) in [5, 5.41) is 2.98. The molecule has 0 heterocycles. The molecule has 1 fully saturated rings. The Hall–Kier alpha value is -1.88. The molecule has 0 unspecified atom stereocenters.